The Morgan fingerprint density at radius 2 is 1.74 bits per heavy atom. The molecule has 1 aromatic heterocycles. The van der Waals surface area contributed by atoms with Crippen molar-refractivity contribution in [2.24, 2.45) is 5.73 Å². The molecule has 2 heterocycles. The second-order valence-corrected chi connectivity index (χ2v) is 8.11. The van der Waals surface area contributed by atoms with Crippen LogP contribution in [0.4, 0.5) is 5.69 Å². The van der Waals surface area contributed by atoms with E-state index in [4.69, 9.17) is 15.2 Å². The lowest BCUT2D eigenvalue weighted by Crippen LogP contribution is -2.48. The summed E-state index contributed by atoms with van der Waals surface area (Å²) in [5.41, 5.74) is 6.24. The van der Waals surface area contributed by atoms with Gasteiger partial charge in [0.25, 0.3) is 11.8 Å². The lowest BCUT2D eigenvalue weighted by atomic mass is 10.0. The number of pyridine rings is 1. The molecule has 0 spiro atoms. The number of rotatable bonds is 8. The molecule has 1 fully saturated rings. The van der Waals surface area contributed by atoms with Crippen LogP contribution < -0.4 is 25.4 Å². The summed E-state index contributed by atoms with van der Waals surface area (Å²) in [5, 5.41) is 3.32. The van der Waals surface area contributed by atoms with Gasteiger partial charge in [0.1, 0.15) is 22.8 Å². The monoisotopic (exact) mass is 472 g/mol. The van der Waals surface area contributed by atoms with Crippen molar-refractivity contribution in [1.29, 1.82) is 0 Å². The van der Waals surface area contributed by atoms with Crippen molar-refractivity contribution >= 4 is 17.5 Å². The molecule has 8 nitrogen and oxygen atoms in total. The van der Waals surface area contributed by atoms with Crippen LogP contribution >= 0.6 is 0 Å². The Balaban J connectivity index is 1.57. The summed E-state index contributed by atoms with van der Waals surface area (Å²) in [4.78, 5) is 31.2. The average molecular weight is 473 g/mol. The lowest BCUT2D eigenvalue weighted by molar-refractivity contribution is -0.114. The fourth-order valence-corrected chi connectivity index (χ4v) is 3.94. The third-order valence-electron chi connectivity index (χ3n) is 5.58. The van der Waals surface area contributed by atoms with Crippen LogP contribution in [0.3, 0.4) is 0 Å². The Labute approximate surface area is 204 Å². The summed E-state index contributed by atoms with van der Waals surface area (Å²) in [5.74, 6) is 1.02. The molecule has 35 heavy (non-hydrogen) atoms. The zero-order valence-electron chi connectivity index (χ0n) is 19.5. The zero-order chi connectivity index (χ0) is 24.6. The number of nitrogens with one attached hydrogen (secondary N) is 1. The number of piperidine rings is 1. The molecular formula is C27H28N4O4. The van der Waals surface area contributed by atoms with Gasteiger partial charge in [-0.15, -0.1) is 0 Å². The quantitative estimate of drug-likeness (QED) is 0.470. The van der Waals surface area contributed by atoms with Gasteiger partial charge in [-0.2, -0.15) is 0 Å². The minimum atomic E-state index is -0.696. The van der Waals surface area contributed by atoms with Gasteiger partial charge in [0.15, 0.2) is 0 Å². The Kier molecular flexibility index (Phi) is 7.74. The summed E-state index contributed by atoms with van der Waals surface area (Å²) in [6.45, 7) is 3.36. The van der Waals surface area contributed by atoms with E-state index < -0.39 is 5.91 Å². The number of para-hydroxylation sites is 1. The number of allylic oxidation sites excluding steroid dienone is 1. The molecular weight excluding hydrogens is 444 g/mol. The minimum absolute atomic E-state index is 0.0566. The fourth-order valence-electron chi connectivity index (χ4n) is 3.94. The number of primary amides is 1. The average Bonchev–Trinajstić information content (AvgIpc) is 2.87. The van der Waals surface area contributed by atoms with Gasteiger partial charge in [-0.25, -0.2) is 4.98 Å². The van der Waals surface area contributed by atoms with E-state index in [0.717, 1.165) is 25.1 Å². The Morgan fingerprint density at radius 3 is 2.37 bits per heavy atom. The Morgan fingerprint density at radius 1 is 1.06 bits per heavy atom. The van der Waals surface area contributed by atoms with Gasteiger partial charge >= 0.3 is 0 Å². The molecule has 8 heteroatoms. The molecule has 1 saturated heterocycles. The third-order valence-corrected chi connectivity index (χ3v) is 5.58. The zero-order valence-corrected chi connectivity index (χ0v) is 19.5. The molecule has 4 rings (SSSR count). The van der Waals surface area contributed by atoms with Crippen LogP contribution in [0, 0.1) is 0 Å². The highest BCUT2D eigenvalue weighted by atomic mass is 16.5. The van der Waals surface area contributed by atoms with Crippen LogP contribution in [0.1, 0.15) is 30.1 Å². The number of nitrogens with zero attached hydrogens (tertiary/aromatic N) is 2. The minimum Gasteiger partial charge on any atom is -0.457 e. The van der Waals surface area contributed by atoms with Crippen LogP contribution in [0.5, 0.6) is 23.1 Å². The van der Waals surface area contributed by atoms with E-state index in [0.29, 0.717) is 23.7 Å². The highest BCUT2D eigenvalue weighted by Gasteiger charge is 2.27. The van der Waals surface area contributed by atoms with E-state index in [1.807, 2.05) is 30.3 Å². The summed E-state index contributed by atoms with van der Waals surface area (Å²) >= 11 is 0. The van der Waals surface area contributed by atoms with Gasteiger partial charge in [-0.1, -0.05) is 24.3 Å². The van der Waals surface area contributed by atoms with Crippen LogP contribution in [0.2, 0.25) is 0 Å². The van der Waals surface area contributed by atoms with Crippen LogP contribution in [-0.4, -0.2) is 35.9 Å². The van der Waals surface area contributed by atoms with Crippen LogP contribution in [-0.2, 0) is 4.79 Å². The van der Waals surface area contributed by atoms with Gasteiger partial charge in [0, 0.05) is 12.6 Å². The maximum atomic E-state index is 12.9. The summed E-state index contributed by atoms with van der Waals surface area (Å²) in [7, 11) is 0. The van der Waals surface area contributed by atoms with Crippen molar-refractivity contribution in [2.75, 3.05) is 18.0 Å². The van der Waals surface area contributed by atoms with E-state index in [1.165, 1.54) is 12.3 Å². The molecule has 0 saturated carbocycles. The maximum Gasteiger partial charge on any atom is 0.254 e. The van der Waals surface area contributed by atoms with Crippen molar-refractivity contribution in [3.05, 3.63) is 84.6 Å². The molecule has 3 N–H and O–H groups in total. The second-order valence-electron chi connectivity index (χ2n) is 8.11. The molecule has 0 aliphatic carbocycles. The first-order chi connectivity index (χ1) is 17.0. The SMILES string of the molecule is C/C=C/C(=O)N(c1cnc(Oc2ccc(Oc3ccccc3)cc2)c(C(N)=O)c1)C1CCCNC1. The fraction of sp³-hybridized carbons (Fsp3) is 0.222. The molecule has 3 aromatic rings. The van der Waals surface area contributed by atoms with Crippen molar-refractivity contribution < 1.29 is 19.1 Å². The highest BCUT2D eigenvalue weighted by molar-refractivity contribution is 6.03. The molecule has 2 amide bonds. The molecule has 1 aliphatic rings. The predicted octanol–water partition coefficient (Wildman–Crippen LogP) is 4.43. The first-order valence-electron chi connectivity index (χ1n) is 11.5. The highest BCUT2D eigenvalue weighted by Crippen LogP contribution is 2.30. The molecule has 180 valence electrons. The largest absolute Gasteiger partial charge is 0.457 e. The number of carbonyl (C=O) groups is 2. The summed E-state index contributed by atoms with van der Waals surface area (Å²) < 4.78 is 11.7. The first kappa shape index (κ1) is 24.0. The number of anilines is 1. The molecule has 1 aliphatic heterocycles. The molecule has 1 unspecified atom stereocenters. The van der Waals surface area contributed by atoms with Crippen molar-refractivity contribution in [1.82, 2.24) is 10.3 Å². The van der Waals surface area contributed by atoms with E-state index in [2.05, 4.69) is 10.3 Å². The van der Waals surface area contributed by atoms with Crippen LogP contribution in [0.25, 0.3) is 0 Å². The van der Waals surface area contributed by atoms with Crippen molar-refractivity contribution in [2.45, 2.75) is 25.8 Å². The normalized spacial score (nSPS) is 15.5. The van der Waals surface area contributed by atoms with E-state index >= 15 is 0 Å². The first-order valence-corrected chi connectivity index (χ1v) is 11.5. The number of amides is 2. The van der Waals surface area contributed by atoms with Crippen LogP contribution in [0.15, 0.2) is 79.0 Å². The Bertz CT molecular complexity index is 1190. The lowest BCUT2D eigenvalue weighted by Gasteiger charge is -2.34. The number of nitrogens with two attached hydrogens (primary N) is 1. The number of aromatic nitrogens is 1. The smallest absolute Gasteiger partial charge is 0.254 e. The molecule has 2 aromatic carbocycles. The van der Waals surface area contributed by atoms with Gasteiger partial charge in [-0.05, 0) is 74.9 Å². The number of hydrogen-bond donors (Lipinski definition) is 2. The predicted molar refractivity (Wildman–Crippen MR) is 134 cm³/mol. The van der Waals surface area contributed by atoms with Gasteiger partial charge in [0.2, 0.25) is 5.88 Å². The van der Waals surface area contributed by atoms with Gasteiger partial charge in [0.05, 0.1) is 11.9 Å². The standard InChI is InChI=1S/C27H28N4O4/c1-2-7-25(32)31(19-8-6-15-29-17-19)20-16-24(26(28)33)27(30-18-20)35-23-13-11-22(12-14-23)34-21-9-4-3-5-10-21/h2-5,7,9-14,16,18-19,29H,6,8,15,17H2,1H3,(H2,28,33)/b7-2+. The summed E-state index contributed by atoms with van der Waals surface area (Å²) in [6.07, 6.45) is 6.52. The van der Waals surface area contributed by atoms with Gasteiger partial charge < -0.3 is 25.4 Å². The topological polar surface area (TPSA) is 107 Å². The second kappa shape index (κ2) is 11.3. The van der Waals surface area contributed by atoms with E-state index in [1.54, 1.807) is 48.2 Å². The molecule has 0 radical (unpaired) electrons. The van der Waals surface area contributed by atoms with E-state index in [9.17, 15) is 9.59 Å². The molecule has 1 atom stereocenters. The number of carbonyl (C=O) groups excluding carboxylic acids is 2. The Hall–Kier alpha value is -4.17. The molecule has 0 bridgehead atoms. The van der Waals surface area contributed by atoms with Crippen molar-refractivity contribution in [3.8, 4) is 23.1 Å². The summed E-state index contributed by atoms with van der Waals surface area (Å²) in [6, 6.07) is 17.9. The third kappa shape index (κ3) is 6.04. The maximum absolute atomic E-state index is 12.9. The van der Waals surface area contributed by atoms with Crippen molar-refractivity contribution in [3.63, 3.8) is 0 Å². The number of benzene rings is 2. The van der Waals surface area contributed by atoms with Gasteiger partial charge in [-0.3, -0.25) is 9.59 Å². The number of hydrogen-bond acceptors (Lipinski definition) is 6. The number of ether oxygens (including phenoxy) is 2. The van der Waals surface area contributed by atoms with E-state index in [-0.39, 0.29) is 23.4 Å².